The van der Waals surface area contributed by atoms with Gasteiger partial charge >= 0.3 is 0 Å². The van der Waals surface area contributed by atoms with Gasteiger partial charge in [0.05, 0.1) is 3.79 Å². The van der Waals surface area contributed by atoms with E-state index in [1.165, 1.54) is 4.88 Å². The van der Waals surface area contributed by atoms with Crippen LogP contribution in [0.4, 0.5) is 0 Å². The predicted molar refractivity (Wildman–Crippen MR) is 76.1 cm³/mol. The van der Waals surface area contributed by atoms with Gasteiger partial charge in [0, 0.05) is 24.3 Å². The number of aryl methyl sites for hydroxylation is 2. The van der Waals surface area contributed by atoms with Gasteiger partial charge in [-0.05, 0) is 41.4 Å². The lowest BCUT2D eigenvalue weighted by Gasteiger charge is -2.02. The number of hydrogen-bond acceptors (Lipinski definition) is 5. The second-order valence-corrected chi connectivity index (χ2v) is 6.59. The molecule has 19 heavy (non-hydrogen) atoms. The number of aromatic nitrogens is 2. The largest absolute Gasteiger partial charge is 0.356 e. The van der Waals surface area contributed by atoms with E-state index >= 15 is 0 Å². The van der Waals surface area contributed by atoms with Crippen molar-refractivity contribution in [1.82, 2.24) is 15.5 Å². The second kappa shape index (κ2) is 6.81. The lowest BCUT2D eigenvalue weighted by molar-refractivity contribution is -0.121. The molecule has 1 N–H and O–H groups in total. The van der Waals surface area contributed by atoms with Gasteiger partial charge in [0.15, 0.2) is 5.82 Å². The lowest BCUT2D eigenvalue weighted by atomic mass is 10.3. The number of nitrogens with one attached hydrogen (secondary N) is 1. The van der Waals surface area contributed by atoms with Crippen molar-refractivity contribution < 1.29 is 9.32 Å². The van der Waals surface area contributed by atoms with Gasteiger partial charge in [-0.2, -0.15) is 4.98 Å². The van der Waals surface area contributed by atoms with Crippen LogP contribution in [0.3, 0.4) is 0 Å². The molecule has 2 heterocycles. The number of amides is 1. The minimum Gasteiger partial charge on any atom is -0.356 e. The van der Waals surface area contributed by atoms with Gasteiger partial charge < -0.3 is 9.84 Å². The number of hydrogen-bond donors (Lipinski definition) is 1. The van der Waals surface area contributed by atoms with Crippen LogP contribution in [-0.2, 0) is 17.6 Å². The summed E-state index contributed by atoms with van der Waals surface area (Å²) in [6.45, 7) is 2.40. The predicted octanol–water partition coefficient (Wildman–Crippen LogP) is 2.49. The van der Waals surface area contributed by atoms with Gasteiger partial charge in [-0.25, -0.2) is 0 Å². The Hall–Kier alpha value is -1.21. The number of nitrogens with zero attached hydrogens (tertiary/aromatic N) is 2. The van der Waals surface area contributed by atoms with E-state index in [2.05, 4.69) is 37.5 Å². The molecule has 0 aliphatic rings. The average Bonchev–Trinajstić information content (AvgIpc) is 2.96. The van der Waals surface area contributed by atoms with Crippen LogP contribution in [-0.4, -0.2) is 22.6 Å². The molecule has 102 valence electrons. The highest BCUT2D eigenvalue weighted by Gasteiger charge is 2.07. The highest BCUT2D eigenvalue weighted by Crippen LogP contribution is 2.21. The van der Waals surface area contributed by atoms with Gasteiger partial charge in [-0.15, -0.1) is 11.3 Å². The van der Waals surface area contributed by atoms with E-state index in [1.54, 1.807) is 18.3 Å². The molecule has 2 rings (SSSR count). The maximum absolute atomic E-state index is 11.6. The molecule has 0 aromatic carbocycles. The summed E-state index contributed by atoms with van der Waals surface area (Å²) in [5, 5.41) is 6.56. The SMILES string of the molecule is Cc1noc(CCC(=O)NCCc2ccc(Br)s2)n1. The Bertz CT molecular complexity index is 553. The third-order valence-corrected chi connectivity index (χ3v) is 4.14. The Kier molecular flexibility index (Phi) is 5.09. The van der Waals surface area contributed by atoms with Crippen LogP contribution in [0.2, 0.25) is 0 Å². The minimum atomic E-state index is 0.00600. The molecule has 1 amide bonds. The number of halogens is 1. The fraction of sp³-hybridized carbons (Fsp3) is 0.417. The van der Waals surface area contributed by atoms with Gasteiger partial charge in [0.2, 0.25) is 11.8 Å². The highest BCUT2D eigenvalue weighted by atomic mass is 79.9. The quantitative estimate of drug-likeness (QED) is 0.874. The molecule has 0 spiro atoms. The van der Waals surface area contributed by atoms with E-state index in [4.69, 9.17) is 4.52 Å². The van der Waals surface area contributed by atoms with Crippen molar-refractivity contribution >= 4 is 33.2 Å². The molecule has 2 aromatic heterocycles. The van der Waals surface area contributed by atoms with Gasteiger partial charge in [-0.3, -0.25) is 4.79 Å². The molecule has 0 saturated carbocycles. The minimum absolute atomic E-state index is 0.00600. The smallest absolute Gasteiger partial charge is 0.227 e. The zero-order chi connectivity index (χ0) is 13.7. The Morgan fingerprint density at radius 1 is 1.47 bits per heavy atom. The summed E-state index contributed by atoms with van der Waals surface area (Å²) in [5.41, 5.74) is 0. The molecule has 2 aromatic rings. The van der Waals surface area contributed by atoms with Gasteiger partial charge in [0.25, 0.3) is 0 Å². The van der Waals surface area contributed by atoms with E-state index in [-0.39, 0.29) is 5.91 Å². The van der Waals surface area contributed by atoms with Crippen LogP contribution in [0.5, 0.6) is 0 Å². The molecule has 0 aliphatic carbocycles. The van der Waals surface area contributed by atoms with Crippen LogP contribution in [0.15, 0.2) is 20.4 Å². The topological polar surface area (TPSA) is 68.0 Å². The fourth-order valence-corrected chi connectivity index (χ4v) is 3.04. The molecular weight excluding hydrogens is 330 g/mol. The van der Waals surface area contributed by atoms with Gasteiger partial charge in [-0.1, -0.05) is 5.16 Å². The van der Waals surface area contributed by atoms with Crippen molar-refractivity contribution in [2.75, 3.05) is 6.54 Å². The molecule has 0 atom stereocenters. The molecule has 0 bridgehead atoms. The van der Waals surface area contributed by atoms with E-state index in [1.807, 2.05) is 6.07 Å². The highest BCUT2D eigenvalue weighted by molar-refractivity contribution is 9.11. The molecule has 5 nitrogen and oxygen atoms in total. The molecule has 7 heteroatoms. The monoisotopic (exact) mass is 343 g/mol. The molecule has 0 radical (unpaired) electrons. The third kappa shape index (κ3) is 4.76. The van der Waals surface area contributed by atoms with Crippen molar-refractivity contribution in [2.45, 2.75) is 26.2 Å². The van der Waals surface area contributed by atoms with Crippen molar-refractivity contribution in [3.05, 3.63) is 32.5 Å². The number of carbonyl (C=O) groups is 1. The summed E-state index contributed by atoms with van der Waals surface area (Å²) in [7, 11) is 0. The number of rotatable bonds is 6. The number of carbonyl (C=O) groups excluding carboxylic acids is 1. The van der Waals surface area contributed by atoms with Gasteiger partial charge in [0.1, 0.15) is 0 Å². The first-order valence-corrected chi connectivity index (χ1v) is 7.54. The van der Waals surface area contributed by atoms with Crippen LogP contribution >= 0.6 is 27.3 Å². The Morgan fingerprint density at radius 2 is 2.32 bits per heavy atom. The summed E-state index contributed by atoms with van der Waals surface area (Å²) in [6, 6.07) is 4.07. The average molecular weight is 344 g/mol. The van der Waals surface area contributed by atoms with E-state index in [0.717, 1.165) is 10.2 Å². The summed E-state index contributed by atoms with van der Waals surface area (Å²) in [5.74, 6) is 1.11. The first-order chi connectivity index (χ1) is 9.13. The van der Waals surface area contributed by atoms with Crippen LogP contribution < -0.4 is 5.32 Å². The Balaban J connectivity index is 1.64. The summed E-state index contributed by atoms with van der Waals surface area (Å²) < 4.78 is 6.06. The van der Waals surface area contributed by atoms with Crippen molar-refractivity contribution in [3.63, 3.8) is 0 Å². The van der Waals surface area contributed by atoms with Crippen LogP contribution in [0, 0.1) is 6.92 Å². The molecule has 0 fully saturated rings. The van der Waals surface area contributed by atoms with Crippen molar-refractivity contribution in [2.24, 2.45) is 0 Å². The van der Waals surface area contributed by atoms with Crippen LogP contribution in [0.1, 0.15) is 23.0 Å². The molecular formula is C12H14BrN3O2S. The zero-order valence-electron chi connectivity index (χ0n) is 10.5. The normalized spacial score (nSPS) is 10.6. The zero-order valence-corrected chi connectivity index (χ0v) is 12.9. The third-order valence-electron chi connectivity index (χ3n) is 2.46. The van der Waals surface area contributed by atoms with Crippen molar-refractivity contribution in [1.29, 1.82) is 0 Å². The maximum atomic E-state index is 11.6. The summed E-state index contributed by atoms with van der Waals surface area (Å²) >= 11 is 5.10. The molecule has 0 saturated heterocycles. The number of thiophene rings is 1. The summed E-state index contributed by atoms with van der Waals surface area (Å²) in [4.78, 5) is 16.9. The Labute approximate surface area is 123 Å². The molecule has 0 aliphatic heterocycles. The maximum Gasteiger partial charge on any atom is 0.227 e. The first kappa shape index (κ1) is 14.2. The Morgan fingerprint density at radius 3 is 2.95 bits per heavy atom. The van der Waals surface area contributed by atoms with E-state index < -0.39 is 0 Å². The standard InChI is InChI=1S/C12H14BrN3O2S/c1-8-15-12(18-16-8)5-4-11(17)14-7-6-9-2-3-10(13)19-9/h2-3H,4-7H2,1H3,(H,14,17). The van der Waals surface area contributed by atoms with E-state index in [9.17, 15) is 4.79 Å². The van der Waals surface area contributed by atoms with Crippen LogP contribution in [0.25, 0.3) is 0 Å². The second-order valence-electron chi connectivity index (χ2n) is 4.04. The molecule has 0 unspecified atom stereocenters. The first-order valence-electron chi connectivity index (χ1n) is 5.93. The van der Waals surface area contributed by atoms with Crippen molar-refractivity contribution in [3.8, 4) is 0 Å². The van der Waals surface area contributed by atoms with E-state index in [0.29, 0.717) is 31.1 Å². The lowest BCUT2D eigenvalue weighted by Crippen LogP contribution is -2.25. The summed E-state index contributed by atoms with van der Waals surface area (Å²) in [6.07, 6.45) is 1.70. The fourth-order valence-electron chi connectivity index (χ4n) is 1.56.